The number of piperidine rings is 1. The Bertz CT molecular complexity index is 575. The number of benzene rings is 1. The summed E-state index contributed by atoms with van der Waals surface area (Å²) in [5.74, 6) is 1.06. The lowest BCUT2D eigenvalue weighted by atomic mass is 10.0. The molecule has 0 bridgehead atoms. The van der Waals surface area contributed by atoms with E-state index in [-0.39, 0.29) is 5.91 Å². The number of nitrogens with zero attached hydrogens (tertiary/aromatic N) is 2. The van der Waals surface area contributed by atoms with Gasteiger partial charge >= 0.3 is 0 Å². The molecule has 3 aliphatic rings. The second kappa shape index (κ2) is 7.75. The fraction of sp³-hybridized carbons (Fsp3) is 0.650. The molecule has 3 fully saturated rings. The van der Waals surface area contributed by atoms with Crippen molar-refractivity contribution >= 4 is 11.6 Å². The van der Waals surface area contributed by atoms with Gasteiger partial charge in [0.25, 0.3) is 0 Å². The fourth-order valence-corrected chi connectivity index (χ4v) is 4.40. The SMILES string of the molecule is O=C1CNCCN1c1ccc(OC2CCN(C3CCCC3)CC2)cc1. The van der Waals surface area contributed by atoms with Gasteiger partial charge in [0.15, 0.2) is 0 Å². The molecule has 0 unspecified atom stereocenters. The molecule has 1 N–H and O–H groups in total. The van der Waals surface area contributed by atoms with Crippen LogP contribution in [0.1, 0.15) is 38.5 Å². The van der Waals surface area contributed by atoms with E-state index in [4.69, 9.17) is 4.74 Å². The number of likely N-dealkylation sites (tertiary alicyclic amines) is 1. The summed E-state index contributed by atoms with van der Waals surface area (Å²) >= 11 is 0. The van der Waals surface area contributed by atoms with Gasteiger partial charge in [0.1, 0.15) is 11.9 Å². The molecule has 2 aliphatic heterocycles. The molecule has 5 heteroatoms. The lowest BCUT2D eigenvalue weighted by Crippen LogP contribution is -2.48. The highest BCUT2D eigenvalue weighted by molar-refractivity contribution is 5.95. The Morgan fingerprint density at radius 3 is 2.36 bits per heavy atom. The van der Waals surface area contributed by atoms with E-state index in [0.717, 1.165) is 43.4 Å². The highest BCUT2D eigenvalue weighted by Crippen LogP contribution is 2.28. The van der Waals surface area contributed by atoms with Gasteiger partial charge in [-0.2, -0.15) is 0 Å². The average Bonchev–Trinajstić information content (AvgIpc) is 3.18. The maximum absolute atomic E-state index is 12.0. The minimum atomic E-state index is 0.138. The van der Waals surface area contributed by atoms with Gasteiger partial charge in [0, 0.05) is 37.9 Å². The summed E-state index contributed by atoms with van der Waals surface area (Å²) in [5.41, 5.74) is 0.968. The number of amides is 1. The molecule has 0 spiro atoms. The number of piperazine rings is 1. The van der Waals surface area contributed by atoms with Gasteiger partial charge in [0.05, 0.1) is 6.54 Å². The quantitative estimate of drug-likeness (QED) is 0.912. The zero-order chi connectivity index (χ0) is 17.1. The normalized spacial score (nSPS) is 24.0. The van der Waals surface area contributed by atoms with Crippen molar-refractivity contribution in [2.75, 3.05) is 37.6 Å². The molecule has 25 heavy (non-hydrogen) atoms. The second-order valence-electron chi connectivity index (χ2n) is 7.51. The fourth-order valence-electron chi connectivity index (χ4n) is 4.40. The third kappa shape index (κ3) is 3.98. The van der Waals surface area contributed by atoms with Crippen molar-refractivity contribution in [3.63, 3.8) is 0 Å². The van der Waals surface area contributed by atoms with E-state index in [1.165, 1.54) is 38.8 Å². The maximum Gasteiger partial charge on any atom is 0.240 e. The molecule has 2 heterocycles. The predicted molar refractivity (Wildman–Crippen MR) is 99.1 cm³/mol. The van der Waals surface area contributed by atoms with Gasteiger partial charge in [-0.15, -0.1) is 0 Å². The maximum atomic E-state index is 12.0. The number of hydrogen-bond donors (Lipinski definition) is 1. The summed E-state index contributed by atoms with van der Waals surface area (Å²) in [5, 5.41) is 3.10. The van der Waals surface area contributed by atoms with Crippen molar-refractivity contribution in [3.05, 3.63) is 24.3 Å². The number of carbonyl (C=O) groups is 1. The molecule has 1 aromatic carbocycles. The van der Waals surface area contributed by atoms with Crippen molar-refractivity contribution < 1.29 is 9.53 Å². The number of ether oxygens (including phenoxy) is 1. The molecule has 1 amide bonds. The van der Waals surface area contributed by atoms with Gasteiger partial charge in [-0.3, -0.25) is 4.79 Å². The lowest BCUT2D eigenvalue weighted by Gasteiger charge is -2.36. The zero-order valence-corrected chi connectivity index (χ0v) is 15.0. The molecule has 1 aliphatic carbocycles. The summed E-state index contributed by atoms with van der Waals surface area (Å²) < 4.78 is 6.19. The van der Waals surface area contributed by atoms with Crippen LogP contribution in [0.3, 0.4) is 0 Å². The number of hydrogen-bond acceptors (Lipinski definition) is 4. The van der Waals surface area contributed by atoms with Gasteiger partial charge in [-0.25, -0.2) is 0 Å². The minimum absolute atomic E-state index is 0.138. The molecule has 1 saturated carbocycles. The Morgan fingerprint density at radius 2 is 1.68 bits per heavy atom. The van der Waals surface area contributed by atoms with Crippen molar-refractivity contribution in [2.45, 2.75) is 50.7 Å². The van der Waals surface area contributed by atoms with Crippen LogP contribution in [0.5, 0.6) is 5.75 Å². The first-order valence-corrected chi connectivity index (χ1v) is 9.81. The number of carbonyl (C=O) groups excluding carboxylic acids is 1. The van der Waals surface area contributed by atoms with E-state index < -0.39 is 0 Å². The summed E-state index contributed by atoms with van der Waals surface area (Å²) in [6, 6.07) is 8.86. The van der Waals surface area contributed by atoms with E-state index in [0.29, 0.717) is 12.6 Å². The monoisotopic (exact) mass is 343 g/mol. The van der Waals surface area contributed by atoms with Crippen LogP contribution in [-0.2, 0) is 4.79 Å². The molecule has 0 radical (unpaired) electrons. The molecule has 5 nitrogen and oxygen atoms in total. The Morgan fingerprint density at radius 1 is 0.960 bits per heavy atom. The van der Waals surface area contributed by atoms with Gasteiger partial charge in [0.2, 0.25) is 5.91 Å². The van der Waals surface area contributed by atoms with E-state index in [1.54, 1.807) is 0 Å². The summed E-state index contributed by atoms with van der Waals surface area (Å²) in [6.45, 7) is 4.35. The van der Waals surface area contributed by atoms with Crippen LogP contribution in [0.2, 0.25) is 0 Å². The third-order valence-corrected chi connectivity index (χ3v) is 5.86. The first kappa shape index (κ1) is 16.9. The Hall–Kier alpha value is -1.59. The van der Waals surface area contributed by atoms with E-state index in [1.807, 2.05) is 29.2 Å². The Balaban J connectivity index is 1.29. The molecule has 1 aromatic rings. The lowest BCUT2D eigenvalue weighted by molar-refractivity contribution is -0.118. The Kier molecular flexibility index (Phi) is 5.22. The molecular weight excluding hydrogens is 314 g/mol. The second-order valence-corrected chi connectivity index (χ2v) is 7.51. The van der Waals surface area contributed by atoms with Crippen LogP contribution >= 0.6 is 0 Å². The van der Waals surface area contributed by atoms with Crippen LogP contribution in [0.25, 0.3) is 0 Å². The first-order valence-electron chi connectivity index (χ1n) is 9.81. The van der Waals surface area contributed by atoms with Crippen LogP contribution in [0, 0.1) is 0 Å². The van der Waals surface area contributed by atoms with Crippen molar-refractivity contribution in [1.82, 2.24) is 10.2 Å². The van der Waals surface area contributed by atoms with Crippen molar-refractivity contribution in [3.8, 4) is 5.75 Å². The van der Waals surface area contributed by atoms with E-state index in [2.05, 4.69) is 10.2 Å². The average molecular weight is 343 g/mol. The first-order chi connectivity index (χ1) is 12.3. The topological polar surface area (TPSA) is 44.8 Å². The van der Waals surface area contributed by atoms with Crippen LogP contribution < -0.4 is 15.0 Å². The van der Waals surface area contributed by atoms with Crippen molar-refractivity contribution in [2.24, 2.45) is 0 Å². The highest BCUT2D eigenvalue weighted by Gasteiger charge is 2.27. The number of anilines is 1. The van der Waals surface area contributed by atoms with Gasteiger partial charge in [-0.1, -0.05) is 12.8 Å². The third-order valence-electron chi connectivity index (χ3n) is 5.86. The molecule has 4 rings (SSSR count). The Labute approximate surface area is 150 Å². The molecule has 0 atom stereocenters. The van der Waals surface area contributed by atoms with E-state index in [9.17, 15) is 4.79 Å². The molecular formula is C20H29N3O2. The van der Waals surface area contributed by atoms with Gasteiger partial charge in [-0.05, 0) is 49.9 Å². The standard InChI is InChI=1S/C20H29N3O2/c24-20-15-21-11-14-23(20)17-5-7-18(8-6-17)25-19-9-12-22(13-10-19)16-3-1-2-4-16/h5-8,16,19,21H,1-4,9-15H2. The largest absolute Gasteiger partial charge is 0.490 e. The highest BCUT2D eigenvalue weighted by atomic mass is 16.5. The smallest absolute Gasteiger partial charge is 0.240 e. The number of rotatable bonds is 4. The molecule has 0 aromatic heterocycles. The van der Waals surface area contributed by atoms with Crippen molar-refractivity contribution in [1.29, 1.82) is 0 Å². The van der Waals surface area contributed by atoms with Crippen LogP contribution in [0.15, 0.2) is 24.3 Å². The number of nitrogens with one attached hydrogen (secondary N) is 1. The summed E-state index contributed by atoms with van der Waals surface area (Å²) in [7, 11) is 0. The van der Waals surface area contributed by atoms with Gasteiger partial charge < -0.3 is 19.9 Å². The zero-order valence-electron chi connectivity index (χ0n) is 15.0. The minimum Gasteiger partial charge on any atom is -0.490 e. The molecule has 136 valence electrons. The van der Waals surface area contributed by atoms with Crippen LogP contribution in [0.4, 0.5) is 5.69 Å². The summed E-state index contributed by atoms with van der Waals surface area (Å²) in [6.07, 6.45) is 8.15. The summed E-state index contributed by atoms with van der Waals surface area (Å²) in [4.78, 5) is 16.5. The van der Waals surface area contributed by atoms with E-state index >= 15 is 0 Å². The van der Waals surface area contributed by atoms with Crippen LogP contribution in [-0.4, -0.2) is 55.7 Å². The predicted octanol–water partition coefficient (Wildman–Crippen LogP) is 2.41. The molecule has 2 saturated heterocycles.